The molecule has 0 atom stereocenters. The smallest absolute Gasteiger partial charge is 0.151 e. The molecule has 1 fully saturated rings. The van der Waals surface area contributed by atoms with Crippen molar-refractivity contribution >= 4 is 17.2 Å². The zero-order valence-corrected chi connectivity index (χ0v) is 13.6. The third kappa shape index (κ3) is 2.75. The van der Waals surface area contributed by atoms with Crippen LogP contribution < -0.4 is 10.6 Å². The number of hydrogen-bond donors (Lipinski definition) is 1. The molecule has 1 saturated heterocycles. The molecule has 0 unspecified atom stereocenters. The normalized spacial score (nSPS) is 16.9. The highest BCUT2D eigenvalue weighted by atomic mass is 19.1. The minimum absolute atomic E-state index is 0.0607. The molecule has 0 bridgehead atoms. The van der Waals surface area contributed by atoms with E-state index in [1.165, 1.54) is 0 Å². The van der Waals surface area contributed by atoms with Crippen LogP contribution in [0.5, 0.6) is 0 Å². The summed E-state index contributed by atoms with van der Waals surface area (Å²) in [5.74, 6) is -1.24. The summed E-state index contributed by atoms with van der Waals surface area (Å²) in [6.07, 6.45) is 1.05. The van der Waals surface area contributed by atoms with Gasteiger partial charge in [0.05, 0.1) is 5.41 Å². The van der Waals surface area contributed by atoms with E-state index in [0.29, 0.717) is 25.9 Å². The molecular weight excluding hydrogens is 310 g/mol. The van der Waals surface area contributed by atoms with E-state index >= 15 is 0 Å². The molecule has 0 saturated carbocycles. The SMILES string of the molecule is CC(=O)C1(c2ccccc2)CCN(c2c(F)cc(N)cc2F)CC1. The number of anilines is 2. The lowest BCUT2D eigenvalue weighted by Gasteiger charge is -2.41. The molecule has 126 valence electrons. The van der Waals surface area contributed by atoms with Crippen molar-refractivity contribution in [2.45, 2.75) is 25.2 Å². The van der Waals surface area contributed by atoms with Gasteiger partial charge in [-0.1, -0.05) is 30.3 Å². The maximum Gasteiger partial charge on any atom is 0.151 e. The van der Waals surface area contributed by atoms with E-state index in [1.54, 1.807) is 11.8 Å². The van der Waals surface area contributed by atoms with Crippen molar-refractivity contribution < 1.29 is 13.6 Å². The number of nitrogens with zero attached hydrogens (tertiary/aromatic N) is 1. The molecule has 2 aromatic carbocycles. The number of carbonyl (C=O) groups is 1. The minimum atomic E-state index is -0.664. The number of halogens is 2. The molecule has 1 heterocycles. The highest BCUT2D eigenvalue weighted by Crippen LogP contribution is 2.39. The summed E-state index contributed by atoms with van der Waals surface area (Å²) in [5, 5.41) is 0. The van der Waals surface area contributed by atoms with Crippen molar-refractivity contribution in [2.75, 3.05) is 23.7 Å². The first-order valence-corrected chi connectivity index (χ1v) is 8.00. The summed E-state index contributed by atoms with van der Waals surface area (Å²) in [6.45, 7) is 2.41. The molecule has 1 aliphatic rings. The van der Waals surface area contributed by atoms with E-state index in [4.69, 9.17) is 5.73 Å². The lowest BCUT2D eigenvalue weighted by molar-refractivity contribution is -0.123. The van der Waals surface area contributed by atoms with Gasteiger partial charge in [-0.3, -0.25) is 4.79 Å². The van der Waals surface area contributed by atoms with Crippen LogP contribution in [-0.4, -0.2) is 18.9 Å². The highest BCUT2D eigenvalue weighted by Gasteiger charge is 2.41. The Labute approximate surface area is 140 Å². The van der Waals surface area contributed by atoms with E-state index in [1.807, 2.05) is 30.3 Å². The molecule has 0 radical (unpaired) electrons. The number of benzene rings is 2. The van der Waals surface area contributed by atoms with Crippen LogP contribution in [-0.2, 0) is 10.2 Å². The maximum absolute atomic E-state index is 14.1. The van der Waals surface area contributed by atoms with E-state index in [2.05, 4.69) is 0 Å². The minimum Gasteiger partial charge on any atom is -0.399 e. The fourth-order valence-corrected chi connectivity index (χ4v) is 3.60. The first kappa shape index (κ1) is 16.4. The Morgan fingerprint density at radius 2 is 1.62 bits per heavy atom. The lowest BCUT2D eigenvalue weighted by Crippen LogP contribution is -2.47. The standard InChI is InChI=1S/C19H20F2N2O/c1-13(24)19(14-5-3-2-4-6-14)7-9-23(10-8-19)18-16(20)11-15(22)12-17(18)21/h2-6,11-12H,7-10,22H2,1H3. The van der Waals surface area contributed by atoms with Gasteiger partial charge in [0.1, 0.15) is 11.5 Å². The van der Waals surface area contributed by atoms with Gasteiger partial charge in [0, 0.05) is 18.8 Å². The maximum atomic E-state index is 14.1. The van der Waals surface area contributed by atoms with Crippen molar-refractivity contribution in [2.24, 2.45) is 0 Å². The van der Waals surface area contributed by atoms with Crippen molar-refractivity contribution in [3.05, 3.63) is 59.7 Å². The molecule has 2 aromatic rings. The lowest BCUT2D eigenvalue weighted by atomic mass is 9.70. The van der Waals surface area contributed by atoms with Gasteiger partial charge >= 0.3 is 0 Å². The Kier molecular flexibility index (Phi) is 4.26. The van der Waals surface area contributed by atoms with Crippen LogP contribution in [0.25, 0.3) is 0 Å². The number of piperidine rings is 1. The summed E-state index contributed by atoms with van der Waals surface area (Å²) in [4.78, 5) is 14.0. The van der Waals surface area contributed by atoms with E-state index < -0.39 is 17.0 Å². The largest absolute Gasteiger partial charge is 0.399 e. The average Bonchev–Trinajstić information content (AvgIpc) is 2.55. The van der Waals surface area contributed by atoms with Crippen LogP contribution in [0, 0.1) is 11.6 Å². The summed E-state index contributed by atoms with van der Waals surface area (Å²) in [6, 6.07) is 11.9. The molecule has 0 amide bonds. The van der Waals surface area contributed by atoms with E-state index in [9.17, 15) is 13.6 Å². The van der Waals surface area contributed by atoms with Gasteiger partial charge in [-0.25, -0.2) is 8.78 Å². The molecule has 3 rings (SSSR count). The zero-order chi connectivity index (χ0) is 17.3. The van der Waals surface area contributed by atoms with Crippen LogP contribution in [0.4, 0.5) is 20.2 Å². The van der Waals surface area contributed by atoms with Crippen molar-refractivity contribution in [3.8, 4) is 0 Å². The quantitative estimate of drug-likeness (QED) is 0.874. The second kappa shape index (κ2) is 6.23. The number of rotatable bonds is 3. The fourth-order valence-electron chi connectivity index (χ4n) is 3.60. The van der Waals surface area contributed by atoms with Crippen molar-refractivity contribution in [1.82, 2.24) is 0 Å². The Balaban J connectivity index is 1.88. The van der Waals surface area contributed by atoms with Crippen LogP contribution in [0.1, 0.15) is 25.3 Å². The summed E-state index contributed by atoms with van der Waals surface area (Å²) >= 11 is 0. The molecule has 24 heavy (non-hydrogen) atoms. The number of carbonyl (C=O) groups excluding carboxylic acids is 1. The molecular formula is C19H20F2N2O. The molecule has 2 N–H and O–H groups in total. The highest BCUT2D eigenvalue weighted by molar-refractivity contribution is 5.88. The van der Waals surface area contributed by atoms with Crippen LogP contribution in [0.3, 0.4) is 0 Å². The zero-order valence-electron chi connectivity index (χ0n) is 13.6. The predicted octanol–water partition coefficient (Wildman–Crippen LogP) is 3.67. The number of nitrogen functional groups attached to an aromatic ring is 1. The average molecular weight is 330 g/mol. The van der Waals surface area contributed by atoms with Gasteiger partial charge in [0.25, 0.3) is 0 Å². The van der Waals surface area contributed by atoms with Crippen LogP contribution >= 0.6 is 0 Å². The number of Topliss-reactive ketones (excluding diaryl/α,β-unsaturated/α-hetero) is 1. The van der Waals surface area contributed by atoms with Gasteiger partial charge in [-0.05, 0) is 37.5 Å². The third-order valence-electron chi connectivity index (χ3n) is 4.97. The third-order valence-corrected chi connectivity index (χ3v) is 4.97. The number of nitrogens with two attached hydrogens (primary N) is 1. The summed E-state index contributed by atoms with van der Waals surface area (Å²) < 4.78 is 28.3. The second-order valence-electron chi connectivity index (χ2n) is 6.32. The predicted molar refractivity (Wildman–Crippen MR) is 91.0 cm³/mol. The summed E-state index contributed by atoms with van der Waals surface area (Å²) in [7, 11) is 0. The fraction of sp³-hybridized carbons (Fsp3) is 0.316. The van der Waals surface area contributed by atoms with Gasteiger partial charge < -0.3 is 10.6 Å². The van der Waals surface area contributed by atoms with Gasteiger partial charge in [0.15, 0.2) is 11.6 Å². The second-order valence-corrected chi connectivity index (χ2v) is 6.32. The molecule has 0 spiro atoms. The summed E-state index contributed by atoms with van der Waals surface area (Å²) in [5.41, 5.74) is 5.86. The van der Waals surface area contributed by atoms with Gasteiger partial charge in [0.2, 0.25) is 0 Å². The van der Waals surface area contributed by atoms with E-state index in [0.717, 1.165) is 17.7 Å². The van der Waals surface area contributed by atoms with Gasteiger partial charge in [-0.15, -0.1) is 0 Å². The molecule has 5 heteroatoms. The molecule has 0 aliphatic carbocycles. The topological polar surface area (TPSA) is 46.3 Å². The van der Waals surface area contributed by atoms with Crippen molar-refractivity contribution in [1.29, 1.82) is 0 Å². The Hall–Kier alpha value is -2.43. The number of ketones is 1. The number of hydrogen-bond acceptors (Lipinski definition) is 3. The monoisotopic (exact) mass is 330 g/mol. The van der Waals surface area contributed by atoms with Gasteiger partial charge in [-0.2, -0.15) is 0 Å². The van der Waals surface area contributed by atoms with Crippen LogP contribution in [0.15, 0.2) is 42.5 Å². The van der Waals surface area contributed by atoms with E-state index in [-0.39, 0.29) is 17.2 Å². The van der Waals surface area contributed by atoms with Crippen molar-refractivity contribution in [3.63, 3.8) is 0 Å². The Bertz CT molecular complexity index is 730. The Morgan fingerprint density at radius 3 is 2.12 bits per heavy atom. The Morgan fingerprint density at radius 1 is 1.08 bits per heavy atom. The molecule has 0 aromatic heterocycles. The first-order valence-electron chi connectivity index (χ1n) is 8.00. The molecule has 1 aliphatic heterocycles. The first-order chi connectivity index (χ1) is 11.4. The molecule has 3 nitrogen and oxygen atoms in total. The van der Waals surface area contributed by atoms with Crippen LogP contribution in [0.2, 0.25) is 0 Å².